The van der Waals surface area contributed by atoms with Gasteiger partial charge in [0.1, 0.15) is 0 Å². The largest absolute Gasteiger partial charge is 0.397 e. The first-order valence-electron chi connectivity index (χ1n) is 8.08. The average molecular weight is 289 g/mol. The molecule has 0 atom stereocenters. The van der Waals surface area contributed by atoms with Crippen LogP contribution in [0, 0.1) is 5.92 Å². The van der Waals surface area contributed by atoms with E-state index in [1.54, 1.807) is 6.07 Å². The summed E-state index contributed by atoms with van der Waals surface area (Å²) >= 11 is 0. The van der Waals surface area contributed by atoms with E-state index >= 15 is 0 Å². The molecular weight excluding hydrogens is 262 g/mol. The van der Waals surface area contributed by atoms with Gasteiger partial charge in [0, 0.05) is 18.2 Å². The van der Waals surface area contributed by atoms with Crippen molar-refractivity contribution in [3.63, 3.8) is 0 Å². The summed E-state index contributed by atoms with van der Waals surface area (Å²) in [5, 5.41) is 6.34. The molecule has 0 radical (unpaired) electrons. The van der Waals surface area contributed by atoms with Crippen LogP contribution in [0.1, 0.15) is 56.3 Å². The van der Waals surface area contributed by atoms with Crippen molar-refractivity contribution in [1.29, 1.82) is 0 Å². The van der Waals surface area contributed by atoms with E-state index in [4.69, 9.17) is 5.73 Å². The molecule has 0 heterocycles. The van der Waals surface area contributed by atoms with E-state index in [1.165, 1.54) is 32.1 Å². The molecule has 1 saturated carbocycles. The van der Waals surface area contributed by atoms with Crippen LogP contribution in [0.25, 0.3) is 0 Å². The van der Waals surface area contributed by atoms with E-state index in [1.807, 2.05) is 19.1 Å². The summed E-state index contributed by atoms with van der Waals surface area (Å²) in [7, 11) is 0. The van der Waals surface area contributed by atoms with Crippen LogP contribution < -0.4 is 16.4 Å². The molecule has 1 aromatic carbocycles. The average Bonchev–Trinajstić information content (AvgIpc) is 2.50. The zero-order valence-corrected chi connectivity index (χ0v) is 13.1. The van der Waals surface area contributed by atoms with Gasteiger partial charge in [-0.05, 0) is 56.7 Å². The number of rotatable bonds is 5. The summed E-state index contributed by atoms with van der Waals surface area (Å²) in [6.45, 7) is 4.82. The minimum absolute atomic E-state index is 0.0461. The van der Waals surface area contributed by atoms with Crippen molar-refractivity contribution in [3.05, 3.63) is 23.8 Å². The van der Waals surface area contributed by atoms with Gasteiger partial charge < -0.3 is 16.4 Å². The van der Waals surface area contributed by atoms with Gasteiger partial charge in [0.2, 0.25) is 0 Å². The Morgan fingerprint density at radius 1 is 1.24 bits per heavy atom. The summed E-state index contributed by atoms with van der Waals surface area (Å²) in [6, 6.07) is 5.93. The number of hydrogen-bond donors (Lipinski definition) is 3. The molecule has 0 spiro atoms. The van der Waals surface area contributed by atoms with Gasteiger partial charge >= 0.3 is 0 Å². The van der Waals surface area contributed by atoms with E-state index in [9.17, 15) is 4.79 Å². The molecule has 4 N–H and O–H groups in total. The maximum Gasteiger partial charge on any atom is 0.251 e. The highest BCUT2D eigenvalue weighted by atomic mass is 16.1. The van der Waals surface area contributed by atoms with Crippen LogP contribution >= 0.6 is 0 Å². The van der Waals surface area contributed by atoms with Gasteiger partial charge in [-0.2, -0.15) is 0 Å². The first kappa shape index (κ1) is 15.7. The van der Waals surface area contributed by atoms with Gasteiger partial charge in [-0.15, -0.1) is 0 Å². The molecule has 2 rings (SSSR count). The molecule has 21 heavy (non-hydrogen) atoms. The van der Waals surface area contributed by atoms with Gasteiger partial charge in [-0.3, -0.25) is 4.79 Å². The Morgan fingerprint density at radius 3 is 2.57 bits per heavy atom. The molecular formula is C17H27N3O. The molecule has 0 saturated heterocycles. The minimum Gasteiger partial charge on any atom is -0.397 e. The third kappa shape index (κ3) is 4.13. The third-order valence-electron chi connectivity index (χ3n) is 4.44. The molecule has 0 unspecified atom stereocenters. The van der Waals surface area contributed by atoms with Crippen molar-refractivity contribution >= 4 is 17.3 Å². The van der Waals surface area contributed by atoms with Crippen LogP contribution in [0.3, 0.4) is 0 Å². The van der Waals surface area contributed by atoms with E-state index < -0.39 is 0 Å². The van der Waals surface area contributed by atoms with Gasteiger partial charge in [0.15, 0.2) is 0 Å². The second-order valence-electron chi connectivity index (χ2n) is 5.93. The van der Waals surface area contributed by atoms with E-state index in [0.29, 0.717) is 23.8 Å². The van der Waals surface area contributed by atoms with Crippen molar-refractivity contribution in [2.24, 2.45) is 5.92 Å². The number of hydrogen-bond acceptors (Lipinski definition) is 3. The van der Waals surface area contributed by atoms with Crippen LogP contribution in [-0.4, -0.2) is 18.5 Å². The zero-order valence-electron chi connectivity index (χ0n) is 13.1. The summed E-state index contributed by atoms with van der Waals surface area (Å²) in [4.78, 5) is 11.9. The topological polar surface area (TPSA) is 67.2 Å². The molecule has 4 heteroatoms. The zero-order chi connectivity index (χ0) is 15.2. The smallest absolute Gasteiger partial charge is 0.251 e. The van der Waals surface area contributed by atoms with Crippen molar-refractivity contribution in [1.82, 2.24) is 5.32 Å². The molecule has 4 nitrogen and oxygen atoms in total. The summed E-state index contributed by atoms with van der Waals surface area (Å²) in [5.41, 5.74) is 8.30. The number of nitrogen functional groups attached to an aromatic ring is 1. The number of carbonyl (C=O) groups is 1. The van der Waals surface area contributed by atoms with Crippen LogP contribution in [0.4, 0.5) is 11.4 Å². The summed E-state index contributed by atoms with van der Waals surface area (Å²) in [6.07, 6.45) is 6.21. The highest BCUT2D eigenvalue weighted by Crippen LogP contribution is 2.30. The van der Waals surface area contributed by atoms with Gasteiger partial charge in [-0.25, -0.2) is 0 Å². The fourth-order valence-corrected chi connectivity index (χ4v) is 3.02. The Morgan fingerprint density at radius 2 is 1.95 bits per heavy atom. The standard InChI is InChI=1S/C17H27N3O/c1-3-12-5-8-14(9-6-12)20-16-11-13(7-10-15(16)18)17(21)19-4-2/h7,10-12,14,20H,3-6,8-9,18H2,1-2H3,(H,19,21). The fourth-order valence-electron chi connectivity index (χ4n) is 3.02. The first-order valence-corrected chi connectivity index (χ1v) is 8.08. The monoisotopic (exact) mass is 289 g/mol. The molecule has 1 amide bonds. The second-order valence-corrected chi connectivity index (χ2v) is 5.93. The predicted octanol–water partition coefficient (Wildman–Crippen LogP) is 3.40. The molecule has 0 aliphatic heterocycles. The van der Waals surface area contributed by atoms with Crippen LogP contribution in [0.15, 0.2) is 18.2 Å². The van der Waals surface area contributed by atoms with Crippen molar-refractivity contribution < 1.29 is 4.79 Å². The lowest BCUT2D eigenvalue weighted by Crippen LogP contribution is -2.27. The number of nitrogens with one attached hydrogen (secondary N) is 2. The van der Waals surface area contributed by atoms with Gasteiger partial charge in [0.05, 0.1) is 11.4 Å². The molecule has 1 aliphatic carbocycles. The SMILES string of the molecule is CCNC(=O)c1ccc(N)c(NC2CCC(CC)CC2)c1. The summed E-state index contributed by atoms with van der Waals surface area (Å²) in [5.74, 6) is 0.831. The maximum atomic E-state index is 11.9. The lowest BCUT2D eigenvalue weighted by molar-refractivity contribution is 0.0956. The van der Waals surface area contributed by atoms with Gasteiger partial charge in [-0.1, -0.05) is 13.3 Å². The van der Waals surface area contributed by atoms with E-state index in [-0.39, 0.29) is 5.91 Å². The quantitative estimate of drug-likeness (QED) is 0.728. The Labute approximate surface area is 127 Å². The summed E-state index contributed by atoms with van der Waals surface area (Å²) < 4.78 is 0. The lowest BCUT2D eigenvalue weighted by atomic mass is 9.84. The van der Waals surface area contributed by atoms with E-state index in [2.05, 4.69) is 17.6 Å². The molecule has 0 aromatic heterocycles. The molecule has 1 aromatic rings. The number of nitrogens with two attached hydrogens (primary N) is 1. The number of amides is 1. The molecule has 0 bridgehead atoms. The normalized spacial score (nSPS) is 21.8. The van der Waals surface area contributed by atoms with Crippen LogP contribution in [0.5, 0.6) is 0 Å². The number of anilines is 2. The fraction of sp³-hybridized carbons (Fsp3) is 0.588. The van der Waals surface area contributed by atoms with Crippen molar-refractivity contribution in [2.75, 3.05) is 17.6 Å². The second kappa shape index (κ2) is 7.34. The number of benzene rings is 1. The van der Waals surface area contributed by atoms with Crippen LogP contribution in [-0.2, 0) is 0 Å². The van der Waals surface area contributed by atoms with Gasteiger partial charge in [0.25, 0.3) is 5.91 Å². The molecule has 1 fully saturated rings. The molecule has 1 aliphatic rings. The maximum absolute atomic E-state index is 11.9. The third-order valence-corrected chi connectivity index (χ3v) is 4.44. The highest BCUT2D eigenvalue weighted by Gasteiger charge is 2.20. The Bertz CT molecular complexity index is 479. The Hall–Kier alpha value is -1.71. The Kier molecular flexibility index (Phi) is 5.48. The molecule has 116 valence electrons. The highest BCUT2D eigenvalue weighted by molar-refractivity contribution is 5.96. The van der Waals surface area contributed by atoms with Crippen LogP contribution in [0.2, 0.25) is 0 Å². The van der Waals surface area contributed by atoms with Crippen molar-refractivity contribution in [3.8, 4) is 0 Å². The predicted molar refractivity (Wildman–Crippen MR) is 88.5 cm³/mol. The van der Waals surface area contributed by atoms with Crippen molar-refractivity contribution in [2.45, 2.75) is 52.0 Å². The first-order chi connectivity index (χ1) is 10.1. The van der Waals surface area contributed by atoms with E-state index in [0.717, 1.165) is 11.6 Å². The lowest BCUT2D eigenvalue weighted by Gasteiger charge is -2.29. The number of carbonyl (C=O) groups excluding carboxylic acids is 1. The Balaban J connectivity index is 2.02. The minimum atomic E-state index is -0.0461.